The molecule has 6 nitrogen and oxygen atoms in total. The highest BCUT2D eigenvalue weighted by Crippen LogP contribution is 2.45. The maximum atomic E-state index is 2.47. The second-order valence-corrected chi connectivity index (χ2v) is 33.6. The van der Waals surface area contributed by atoms with Crippen LogP contribution in [0.1, 0.15) is 72.1 Å². The van der Waals surface area contributed by atoms with Crippen molar-refractivity contribution >= 4 is 126 Å². The van der Waals surface area contributed by atoms with E-state index in [-0.39, 0.29) is 10.8 Å². The van der Waals surface area contributed by atoms with E-state index in [0.717, 1.165) is 80.6 Å². The number of benzene rings is 16. The molecular weight excluding hydrogens is 1390 g/mol. The minimum Gasteiger partial charge on any atom is -0.341 e. The topological polar surface area (TPSA) is 27.9 Å². The highest BCUT2D eigenvalue weighted by Gasteiger charge is 2.24. The molecule has 0 saturated heterocycles. The van der Waals surface area contributed by atoms with Crippen LogP contribution in [-0.4, -0.2) is 22.8 Å². The summed E-state index contributed by atoms with van der Waals surface area (Å²) < 4.78 is 12.2. The zero-order chi connectivity index (χ0) is 77.7. The largest absolute Gasteiger partial charge is 0.341 e. The summed E-state index contributed by atoms with van der Waals surface area (Å²) in [5.74, 6) is 0. The van der Waals surface area contributed by atoms with Gasteiger partial charge in [-0.25, -0.2) is 0 Å². The normalized spacial score (nSPS) is 12.3. The second kappa shape index (κ2) is 26.8. The van der Waals surface area contributed by atoms with Gasteiger partial charge < -0.3 is 27.7 Å². The van der Waals surface area contributed by atoms with E-state index in [1.165, 1.54) is 148 Å². The standard InChI is InChI=1S/C109H88N6/c1-10-110-98-21-15-12-18-88(98)92-63-76(37-56-99(92)110)77-38-57-100-94(65-77)95-66-78(39-58-101(95)111(100)11-2)79-40-59-105-93(64-79)90-20-14-17-23-103(90)114(105)86-51-33-74(34-52-86)71-27-45-83(46-28-71)112(82-43-25-70(26-44-82)73-31-49-85(50-32-73)113-102-22-16-13-19-89(102)91-62-69(3)24-55-104(91)113)84-47-29-72(30-48-84)75-35-53-87(54-36-75)115-106-60-41-80(108(4,5)6)67-96(106)97-68-81(109(7,8)9)42-61-107(97)115/h12-68H,10-11H2,1-9H3. The first-order chi connectivity index (χ1) is 56.1. The number of aromatic nitrogens is 5. The van der Waals surface area contributed by atoms with Crippen LogP contribution in [0.5, 0.6) is 0 Å². The number of anilines is 3. The minimum absolute atomic E-state index is 0.0303. The van der Waals surface area contributed by atoms with Gasteiger partial charge in [0.05, 0.1) is 33.1 Å². The van der Waals surface area contributed by atoms with Gasteiger partial charge in [0.15, 0.2) is 0 Å². The van der Waals surface area contributed by atoms with Crippen molar-refractivity contribution in [3.8, 4) is 72.7 Å². The Morgan fingerprint density at radius 2 is 0.452 bits per heavy atom. The predicted octanol–water partition coefficient (Wildman–Crippen LogP) is 29.9. The Balaban J connectivity index is 0.592. The lowest BCUT2D eigenvalue weighted by Gasteiger charge is -2.26. The Morgan fingerprint density at radius 1 is 0.217 bits per heavy atom. The third-order valence-corrected chi connectivity index (χ3v) is 24.7. The van der Waals surface area contributed by atoms with Gasteiger partial charge in [-0.3, -0.25) is 0 Å². The molecule has 0 atom stereocenters. The summed E-state index contributed by atoms with van der Waals surface area (Å²) in [6, 6.07) is 130. The van der Waals surface area contributed by atoms with Crippen LogP contribution in [0.4, 0.5) is 17.1 Å². The Bertz CT molecular complexity index is 7370. The van der Waals surface area contributed by atoms with Gasteiger partial charge in [-0.1, -0.05) is 217 Å². The zero-order valence-electron chi connectivity index (χ0n) is 66.5. The smallest absolute Gasteiger partial charge is 0.0541 e. The monoisotopic (exact) mass is 1480 g/mol. The first-order valence-electron chi connectivity index (χ1n) is 40.7. The average Bonchev–Trinajstić information content (AvgIpc) is 1.60. The quantitative estimate of drug-likeness (QED) is 0.113. The number of hydrogen-bond acceptors (Lipinski definition) is 1. The van der Waals surface area contributed by atoms with Gasteiger partial charge >= 0.3 is 0 Å². The van der Waals surface area contributed by atoms with Crippen LogP contribution in [0.25, 0.3) is 182 Å². The van der Waals surface area contributed by atoms with Crippen LogP contribution in [0, 0.1) is 6.92 Å². The van der Waals surface area contributed by atoms with E-state index in [2.05, 4.69) is 436 Å². The van der Waals surface area contributed by atoms with Crippen molar-refractivity contribution in [2.24, 2.45) is 0 Å². The molecule has 5 aromatic heterocycles. The molecule has 5 heterocycles. The number of hydrogen-bond donors (Lipinski definition) is 0. The fourth-order valence-corrected chi connectivity index (χ4v) is 18.7. The van der Waals surface area contributed by atoms with Crippen molar-refractivity contribution < 1.29 is 0 Å². The number of rotatable bonds is 13. The molecule has 0 fully saturated rings. The average molecular weight is 1480 g/mol. The second-order valence-electron chi connectivity index (χ2n) is 33.6. The van der Waals surface area contributed by atoms with Gasteiger partial charge in [-0.05, 0) is 274 Å². The first kappa shape index (κ1) is 69.3. The molecule has 115 heavy (non-hydrogen) atoms. The van der Waals surface area contributed by atoms with E-state index in [9.17, 15) is 0 Å². The van der Waals surface area contributed by atoms with Gasteiger partial charge in [0.1, 0.15) is 0 Å². The van der Waals surface area contributed by atoms with E-state index in [4.69, 9.17) is 0 Å². The summed E-state index contributed by atoms with van der Waals surface area (Å²) in [6.07, 6.45) is 0. The van der Waals surface area contributed by atoms with Gasteiger partial charge in [0, 0.05) is 123 Å². The number of fused-ring (bicyclic) bond motifs is 15. The van der Waals surface area contributed by atoms with Crippen LogP contribution in [0.2, 0.25) is 0 Å². The molecule has 21 aromatic rings. The molecule has 16 aromatic carbocycles. The number of para-hydroxylation sites is 3. The summed E-state index contributed by atoms with van der Waals surface area (Å²) in [7, 11) is 0. The zero-order valence-corrected chi connectivity index (χ0v) is 66.5. The summed E-state index contributed by atoms with van der Waals surface area (Å²) in [6.45, 7) is 22.3. The molecule has 6 heteroatoms. The highest BCUT2D eigenvalue weighted by molar-refractivity contribution is 6.15. The summed E-state index contributed by atoms with van der Waals surface area (Å²) in [5.41, 5.74) is 34.7. The molecule has 0 amide bonds. The van der Waals surface area contributed by atoms with Crippen molar-refractivity contribution in [3.63, 3.8) is 0 Å². The molecular formula is C109H88N6. The third-order valence-electron chi connectivity index (χ3n) is 24.7. The Hall–Kier alpha value is -13.7. The molecule has 0 spiro atoms. The molecule has 0 aliphatic carbocycles. The Morgan fingerprint density at radius 3 is 0.791 bits per heavy atom. The van der Waals surface area contributed by atoms with Crippen molar-refractivity contribution in [1.29, 1.82) is 0 Å². The van der Waals surface area contributed by atoms with Gasteiger partial charge in [0.25, 0.3) is 0 Å². The van der Waals surface area contributed by atoms with Crippen LogP contribution >= 0.6 is 0 Å². The fourth-order valence-electron chi connectivity index (χ4n) is 18.7. The Labute approximate surface area is 670 Å². The Kier molecular flexibility index (Phi) is 16.1. The van der Waals surface area contributed by atoms with E-state index in [0.29, 0.717) is 0 Å². The van der Waals surface area contributed by atoms with Crippen molar-refractivity contribution in [1.82, 2.24) is 22.8 Å². The van der Waals surface area contributed by atoms with Crippen LogP contribution < -0.4 is 4.90 Å². The fraction of sp³-hybridized carbons (Fsp3) is 0.119. The van der Waals surface area contributed by atoms with Crippen LogP contribution in [-0.2, 0) is 23.9 Å². The molecule has 0 aliphatic rings. The number of nitrogens with zero attached hydrogens (tertiary/aromatic N) is 6. The van der Waals surface area contributed by atoms with Gasteiger partial charge in [-0.15, -0.1) is 0 Å². The predicted molar refractivity (Wildman–Crippen MR) is 491 cm³/mol. The highest BCUT2D eigenvalue weighted by atomic mass is 15.1. The molecule has 21 rings (SSSR count). The van der Waals surface area contributed by atoms with Crippen molar-refractivity contribution in [2.45, 2.75) is 86.2 Å². The molecule has 0 radical (unpaired) electrons. The van der Waals surface area contributed by atoms with Crippen molar-refractivity contribution in [3.05, 3.63) is 362 Å². The first-order valence-corrected chi connectivity index (χ1v) is 40.7. The SMILES string of the molecule is CCn1c2ccccc2c2cc(-c3ccc4c(c3)c3cc(-c5ccc6c(c5)c5ccccc5n6-c5ccc(-c6ccc(N(c7ccc(-c8ccc(-n9c%10ccccc%10c%10cc(C)ccc%109)cc8)cc7)c7ccc(-c8ccc(-n9c%10ccc(C(C)(C)C)cc%10c%10cc(C(C)(C)C)ccc%109)cc8)cc7)cc6)cc5)ccc3n4CC)ccc21. The molecule has 0 bridgehead atoms. The van der Waals surface area contributed by atoms with Gasteiger partial charge in [-0.2, -0.15) is 0 Å². The van der Waals surface area contributed by atoms with E-state index < -0.39 is 0 Å². The lowest BCUT2D eigenvalue weighted by Crippen LogP contribution is -2.10. The van der Waals surface area contributed by atoms with E-state index >= 15 is 0 Å². The molecule has 0 aliphatic heterocycles. The molecule has 0 saturated carbocycles. The molecule has 554 valence electrons. The molecule has 0 unspecified atom stereocenters. The van der Waals surface area contributed by atoms with Gasteiger partial charge in [0.2, 0.25) is 0 Å². The third kappa shape index (κ3) is 11.5. The summed E-state index contributed by atoms with van der Waals surface area (Å²) in [4.78, 5) is 2.39. The van der Waals surface area contributed by atoms with Crippen LogP contribution in [0.3, 0.4) is 0 Å². The summed E-state index contributed by atoms with van der Waals surface area (Å²) in [5, 5.41) is 12.8. The maximum absolute atomic E-state index is 2.47. The van der Waals surface area contributed by atoms with Crippen molar-refractivity contribution in [2.75, 3.05) is 4.90 Å². The minimum atomic E-state index is 0.0303. The maximum Gasteiger partial charge on any atom is 0.0541 e. The van der Waals surface area contributed by atoms with Crippen LogP contribution in [0.15, 0.2) is 346 Å². The lowest BCUT2D eigenvalue weighted by molar-refractivity contribution is 0.590. The lowest BCUT2D eigenvalue weighted by atomic mass is 9.85. The van der Waals surface area contributed by atoms with E-state index in [1.54, 1.807) is 0 Å². The van der Waals surface area contributed by atoms with E-state index in [1.807, 2.05) is 0 Å². The number of aryl methyl sites for hydroxylation is 3. The summed E-state index contributed by atoms with van der Waals surface area (Å²) >= 11 is 0. The molecule has 0 N–H and O–H groups in total.